The molecule has 134 valence electrons. The number of likely N-dealkylation sites (tertiary alicyclic amines) is 1. The van der Waals surface area contributed by atoms with Crippen molar-refractivity contribution in [1.82, 2.24) is 20.4 Å². The molecule has 8 nitrogen and oxygen atoms in total. The Bertz CT molecular complexity index is 590. The molecule has 0 saturated carbocycles. The predicted octanol–water partition coefficient (Wildman–Crippen LogP) is 1.03. The number of nitrogens with one attached hydrogen (secondary N) is 1. The Hall–Kier alpha value is -2.12. The molecule has 1 aromatic rings. The van der Waals surface area contributed by atoms with Gasteiger partial charge in [-0.25, -0.2) is 0 Å². The minimum Gasteiger partial charge on any atom is -0.370 e. The standard InChI is InChI=1S/C16H28N6O2/c1-16(2,3)14-20-13(21-24-14)9-19-15(18-4)22-7-5-6-11(10-22)8-12(17)23/h11H,5-10H2,1-4H3,(H2,17,23)(H,18,19). The summed E-state index contributed by atoms with van der Waals surface area (Å²) in [5.41, 5.74) is 5.15. The van der Waals surface area contributed by atoms with E-state index in [1.54, 1.807) is 7.05 Å². The highest BCUT2D eigenvalue weighted by molar-refractivity contribution is 5.80. The van der Waals surface area contributed by atoms with Gasteiger partial charge in [0.05, 0.1) is 6.54 Å². The number of hydrogen-bond donors (Lipinski definition) is 2. The molecule has 1 aliphatic heterocycles. The number of nitrogens with two attached hydrogens (primary N) is 1. The van der Waals surface area contributed by atoms with Crippen LogP contribution in [-0.2, 0) is 16.8 Å². The molecule has 3 N–H and O–H groups in total. The molecule has 2 heterocycles. The Labute approximate surface area is 142 Å². The predicted molar refractivity (Wildman–Crippen MR) is 91.3 cm³/mol. The lowest BCUT2D eigenvalue weighted by molar-refractivity contribution is -0.119. The molecule has 0 spiro atoms. The number of hydrogen-bond acceptors (Lipinski definition) is 5. The monoisotopic (exact) mass is 336 g/mol. The second-order valence-electron chi connectivity index (χ2n) is 7.29. The fourth-order valence-electron chi connectivity index (χ4n) is 2.83. The SMILES string of the molecule is CN=C(NCc1noc(C(C)(C)C)n1)N1CCCC(CC(N)=O)C1. The third-order valence-electron chi connectivity index (χ3n) is 4.03. The van der Waals surface area contributed by atoms with Crippen LogP contribution in [0.1, 0.15) is 51.7 Å². The van der Waals surface area contributed by atoms with Crippen molar-refractivity contribution in [3.63, 3.8) is 0 Å². The van der Waals surface area contributed by atoms with Crippen LogP contribution in [0.25, 0.3) is 0 Å². The zero-order chi connectivity index (χ0) is 17.7. The lowest BCUT2D eigenvalue weighted by atomic mass is 9.95. The van der Waals surface area contributed by atoms with Gasteiger partial charge in [-0.05, 0) is 18.8 Å². The van der Waals surface area contributed by atoms with Gasteiger partial charge in [0.25, 0.3) is 0 Å². The van der Waals surface area contributed by atoms with E-state index in [4.69, 9.17) is 10.3 Å². The Morgan fingerprint density at radius 1 is 1.50 bits per heavy atom. The molecule has 24 heavy (non-hydrogen) atoms. The van der Waals surface area contributed by atoms with E-state index in [-0.39, 0.29) is 17.2 Å². The summed E-state index contributed by atoms with van der Waals surface area (Å²) in [5.74, 6) is 2.05. The van der Waals surface area contributed by atoms with Crippen LogP contribution in [-0.4, -0.2) is 47.0 Å². The molecule has 0 aromatic carbocycles. The number of piperidine rings is 1. The van der Waals surface area contributed by atoms with Gasteiger partial charge in [-0.2, -0.15) is 4.98 Å². The summed E-state index contributed by atoms with van der Waals surface area (Å²) in [7, 11) is 1.75. The number of nitrogens with zero attached hydrogens (tertiary/aromatic N) is 4. The fraction of sp³-hybridized carbons (Fsp3) is 0.750. The van der Waals surface area contributed by atoms with Gasteiger partial charge in [-0.15, -0.1) is 0 Å². The molecule has 0 aliphatic carbocycles. The molecule has 1 unspecified atom stereocenters. The van der Waals surface area contributed by atoms with Gasteiger partial charge in [-0.3, -0.25) is 9.79 Å². The van der Waals surface area contributed by atoms with Crippen LogP contribution < -0.4 is 11.1 Å². The first-order valence-corrected chi connectivity index (χ1v) is 8.36. The van der Waals surface area contributed by atoms with Crippen molar-refractivity contribution in [2.75, 3.05) is 20.1 Å². The van der Waals surface area contributed by atoms with E-state index in [1.165, 1.54) is 0 Å². The maximum absolute atomic E-state index is 11.1. The van der Waals surface area contributed by atoms with Crippen LogP contribution in [0.5, 0.6) is 0 Å². The molecule has 0 bridgehead atoms. The zero-order valence-corrected chi connectivity index (χ0v) is 15.0. The zero-order valence-electron chi connectivity index (χ0n) is 15.0. The van der Waals surface area contributed by atoms with Crippen molar-refractivity contribution >= 4 is 11.9 Å². The molecule has 1 fully saturated rings. The van der Waals surface area contributed by atoms with Crippen LogP contribution in [0, 0.1) is 5.92 Å². The van der Waals surface area contributed by atoms with Crippen molar-refractivity contribution in [3.05, 3.63) is 11.7 Å². The van der Waals surface area contributed by atoms with Crippen LogP contribution >= 0.6 is 0 Å². The average molecular weight is 336 g/mol. The van der Waals surface area contributed by atoms with Gasteiger partial charge in [0.2, 0.25) is 11.8 Å². The summed E-state index contributed by atoms with van der Waals surface area (Å²) in [4.78, 5) is 22.0. The quantitative estimate of drug-likeness (QED) is 0.628. The summed E-state index contributed by atoms with van der Waals surface area (Å²) in [6, 6.07) is 0. The molecular weight excluding hydrogens is 308 g/mol. The van der Waals surface area contributed by atoms with E-state index >= 15 is 0 Å². The molecule has 0 radical (unpaired) electrons. The summed E-state index contributed by atoms with van der Waals surface area (Å²) < 4.78 is 5.30. The van der Waals surface area contributed by atoms with E-state index in [9.17, 15) is 4.79 Å². The number of carbonyl (C=O) groups excluding carboxylic acids is 1. The number of guanidine groups is 1. The molecule has 8 heteroatoms. The van der Waals surface area contributed by atoms with E-state index < -0.39 is 0 Å². The van der Waals surface area contributed by atoms with Gasteiger partial charge in [0.15, 0.2) is 11.8 Å². The van der Waals surface area contributed by atoms with Gasteiger partial charge in [0, 0.05) is 32.0 Å². The topological polar surface area (TPSA) is 110 Å². The largest absolute Gasteiger partial charge is 0.370 e. The average Bonchev–Trinajstić information content (AvgIpc) is 2.97. The first-order valence-electron chi connectivity index (χ1n) is 8.36. The lowest BCUT2D eigenvalue weighted by Crippen LogP contribution is -2.47. The normalized spacial score (nSPS) is 19.4. The third kappa shape index (κ3) is 4.94. The first-order chi connectivity index (χ1) is 11.3. The van der Waals surface area contributed by atoms with Crippen molar-refractivity contribution in [2.45, 2.75) is 52.0 Å². The molecule has 1 aliphatic rings. The third-order valence-corrected chi connectivity index (χ3v) is 4.03. The molecular formula is C16H28N6O2. The van der Waals surface area contributed by atoms with E-state index in [1.807, 2.05) is 20.8 Å². The minimum atomic E-state index is -0.244. The van der Waals surface area contributed by atoms with Crippen molar-refractivity contribution in [2.24, 2.45) is 16.6 Å². The Morgan fingerprint density at radius 3 is 2.83 bits per heavy atom. The lowest BCUT2D eigenvalue weighted by Gasteiger charge is -2.34. The molecule has 1 amide bonds. The van der Waals surface area contributed by atoms with E-state index in [2.05, 4.69) is 25.3 Å². The van der Waals surface area contributed by atoms with E-state index in [0.717, 1.165) is 31.9 Å². The molecule has 1 saturated heterocycles. The van der Waals surface area contributed by atoms with Crippen molar-refractivity contribution in [3.8, 4) is 0 Å². The number of carbonyl (C=O) groups is 1. The summed E-state index contributed by atoms with van der Waals surface area (Å²) in [6.45, 7) is 8.23. The highest BCUT2D eigenvalue weighted by Gasteiger charge is 2.24. The Balaban J connectivity index is 1.92. The second-order valence-corrected chi connectivity index (χ2v) is 7.29. The highest BCUT2D eigenvalue weighted by atomic mass is 16.5. The number of aliphatic imine (C=N–C) groups is 1. The summed E-state index contributed by atoms with van der Waals surface area (Å²) in [5, 5.41) is 7.27. The van der Waals surface area contributed by atoms with Gasteiger partial charge in [-0.1, -0.05) is 25.9 Å². The fourth-order valence-corrected chi connectivity index (χ4v) is 2.83. The number of aromatic nitrogens is 2. The highest BCUT2D eigenvalue weighted by Crippen LogP contribution is 2.20. The van der Waals surface area contributed by atoms with Crippen LogP contribution in [0.3, 0.4) is 0 Å². The van der Waals surface area contributed by atoms with Crippen LogP contribution in [0.4, 0.5) is 0 Å². The van der Waals surface area contributed by atoms with Crippen LogP contribution in [0.2, 0.25) is 0 Å². The molecule has 1 atom stereocenters. The van der Waals surface area contributed by atoms with Crippen molar-refractivity contribution < 1.29 is 9.32 Å². The maximum Gasteiger partial charge on any atom is 0.232 e. The van der Waals surface area contributed by atoms with Gasteiger partial charge >= 0.3 is 0 Å². The summed E-state index contributed by atoms with van der Waals surface area (Å²) >= 11 is 0. The summed E-state index contributed by atoms with van der Waals surface area (Å²) in [6.07, 6.45) is 2.47. The van der Waals surface area contributed by atoms with Gasteiger partial charge in [0.1, 0.15) is 0 Å². The second kappa shape index (κ2) is 7.63. The van der Waals surface area contributed by atoms with Crippen molar-refractivity contribution in [1.29, 1.82) is 0 Å². The molecule has 2 rings (SSSR count). The first kappa shape index (κ1) is 18.2. The van der Waals surface area contributed by atoms with Crippen LogP contribution in [0.15, 0.2) is 9.52 Å². The minimum absolute atomic E-state index is 0.165. The van der Waals surface area contributed by atoms with Gasteiger partial charge < -0.3 is 20.5 Å². The number of rotatable bonds is 4. The Kier molecular flexibility index (Phi) is 5.80. The smallest absolute Gasteiger partial charge is 0.232 e. The number of primary amides is 1. The molecule has 1 aromatic heterocycles. The maximum atomic E-state index is 11.1. The Morgan fingerprint density at radius 2 is 2.25 bits per heavy atom. The van der Waals surface area contributed by atoms with E-state index in [0.29, 0.717) is 24.7 Å². The number of amides is 1.